The molecule has 198 valence electrons. The molecule has 12 heteroatoms. The minimum absolute atomic E-state index is 0.0226. The number of nitrogens with one attached hydrogen (secondary N) is 1. The van der Waals surface area contributed by atoms with E-state index in [0.717, 1.165) is 17.0 Å². The standard InChI is InChI=1S/C24H30Cl3N3O5S/c1-5-11-28-24(32)21(6-2)29(14-16-7-9-18(25)19(26)12-16)23(31)15-30(36(4,33)34)17-8-10-22(35-3)20(27)13-17/h7-10,12-13,21H,5-6,11,14-15H2,1-4H3,(H,28,32). The summed E-state index contributed by atoms with van der Waals surface area (Å²) in [7, 11) is -2.45. The molecule has 2 amide bonds. The number of hydrogen-bond donors (Lipinski definition) is 1. The quantitative estimate of drug-likeness (QED) is 0.392. The molecule has 1 N–H and O–H groups in total. The third-order valence-electron chi connectivity index (χ3n) is 5.37. The van der Waals surface area contributed by atoms with E-state index in [4.69, 9.17) is 39.5 Å². The third-order valence-corrected chi connectivity index (χ3v) is 7.55. The molecule has 2 aromatic rings. The van der Waals surface area contributed by atoms with Gasteiger partial charge in [0, 0.05) is 13.1 Å². The molecule has 2 rings (SSSR count). The van der Waals surface area contributed by atoms with Crippen molar-refractivity contribution < 1.29 is 22.7 Å². The fraction of sp³-hybridized carbons (Fsp3) is 0.417. The summed E-state index contributed by atoms with van der Waals surface area (Å²) >= 11 is 18.4. The summed E-state index contributed by atoms with van der Waals surface area (Å²) < 4.78 is 31.4. The molecule has 36 heavy (non-hydrogen) atoms. The Balaban J connectivity index is 2.47. The van der Waals surface area contributed by atoms with E-state index >= 15 is 0 Å². The maximum atomic E-state index is 13.6. The second-order valence-corrected chi connectivity index (χ2v) is 11.2. The van der Waals surface area contributed by atoms with Crippen molar-refractivity contribution in [2.45, 2.75) is 39.3 Å². The van der Waals surface area contributed by atoms with Gasteiger partial charge in [0.2, 0.25) is 21.8 Å². The number of hydrogen-bond acceptors (Lipinski definition) is 5. The molecule has 0 saturated carbocycles. The van der Waals surface area contributed by atoms with Crippen molar-refractivity contribution in [3.63, 3.8) is 0 Å². The van der Waals surface area contributed by atoms with Crippen LogP contribution in [0.4, 0.5) is 5.69 Å². The summed E-state index contributed by atoms with van der Waals surface area (Å²) in [6.07, 6.45) is 2.03. The molecule has 0 heterocycles. The molecule has 0 aliphatic carbocycles. The van der Waals surface area contributed by atoms with Crippen molar-refractivity contribution in [3.8, 4) is 5.75 Å². The monoisotopic (exact) mass is 577 g/mol. The molecular formula is C24H30Cl3N3O5S. The number of methoxy groups -OCH3 is 1. The molecule has 8 nitrogen and oxygen atoms in total. The Bertz CT molecular complexity index is 1190. The lowest BCUT2D eigenvalue weighted by molar-refractivity contribution is -0.140. The molecule has 1 atom stereocenters. The summed E-state index contributed by atoms with van der Waals surface area (Å²) in [5.41, 5.74) is 0.826. The van der Waals surface area contributed by atoms with E-state index in [9.17, 15) is 18.0 Å². The van der Waals surface area contributed by atoms with Crippen LogP contribution in [0.25, 0.3) is 0 Å². The summed E-state index contributed by atoms with van der Waals surface area (Å²) in [5, 5.41) is 3.66. The molecule has 2 aromatic carbocycles. The van der Waals surface area contributed by atoms with E-state index in [1.165, 1.54) is 30.2 Å². The van der Waals surface area contributed by atoms with E-state index in [1.807, 2.05) is 6.92 Å². The Morgan fingerprint density at radius 2 is 1.72 bits per heavy atom. The van der Waals surface area contributed by atoms with E-state index in [-0.39, 0.29) is 23.2 Å². The largest absolute Gasteiger partial charge is 0.495 e. The van der Waals surface area contributed by atoms with Crippen LogP contribution < -0.4 is 14.4 Å². The van der Waals surface area contributed by atoms with Gasteiger partial charge >= 0.3 is 0 Å². The van der Waals surface area contributed by atoms with Gasteiger partial charge in [-0.3, -0.25) is 13.9 Å². The van der Waals surface area contributed by atoms with E-state index < -0.39 is 28.5 Å². The SMILES string of the molecule is CCCNC(=O)C(CC)N(Cc1ccc(Cl)c(Cl)c1)C(=O)CN(c1ccc(OC)c(Cl)c1)S(C)(=O)=O. The topological polar surface area (TPSA) is 96.0 Å². The normalized spacial score (nSPS) is 12.1. The lowest BCUT2D eigenvalue weighted by Crippen LogP contribution is -2.52. The lowest BCUT2D eigenvalue weighted by atomic mass is 10.1. The molecular weight excluding hydrogens is 549 g/mol. The van der Waals surface area contributed by atoms with Crippen LogP contribution in [0.1, 0.15) is 32.3 Å². The van der Waals surface area contributed by atoms with Crippen LogP contribution in [-0.4, -0.2) is 57.6 Å². The highest BCUT2D eigenvalue weighted by Gasteiger charge is 2.32. The van der Waals surface area contributed by atoms with Crippen molar-refractivity contribution in [1.29, 1.82) is 0 Å². The molecule has 1 unspecified atom stereocenters. The molecule has 0 fully saturated rings. The smallest absolute Gasteiger partial charge is 0.244 e. The van der Waals surface area contributed by atoms with Gasteiger partial charge in [-0.25, -0.2) is 8.42 Å². The molecule has 0 radical (unpaired) electrons. The predicted molar refractivity (Wildman–Crippen MR) is 145 cm³/mol. The Morgan fingerprint density at radius 3 is 2.25 bits per heavy atom. The van der Waals surface area contributed by atoms with Crippen molar-refractivity contribution in [1.82, 2.24) is 10.2 Å². The van der Waals surface area contributed by atoms with Gasteiger partial charge in [-0.2, -0.15) is 0 Å². The van der Waals surface area contributed by atoms with Gasteiger partial charge in [0.05, 0.1) is 34.1 Å². The Labute approximate surface area is 227 Å². The minimum atomic E-state index is -3.89. The maximum absolute atomic E-state index is 13.6. The average Bonchev–Trinajstić information content (AvgIpc) is 2.82. The lowest BCUT2D eigenvalue weighted by Gasteiger charge is -2.33. The van der Waals surface area contributed by atoms with E-state index in [0.29, 0.717) is 34.3 Å². The van der Waals surface area contributed by atoms with Crippen molar-refractivity contribution in [3.05, 3.63) is 57.0 Å². The summed E-state index contributed by atoms with van der Waals surface area (Å²) in [6, 6.07) is 8.49. The van der Waals surface area contributed by atoms with Crippen LogP contribution in [-0.2, 0) is 26.2 Å². The number of nitrogens with zero attached hydrogens (tertiary/aromatic N) is 2. The first kappa shape index (κ1) is 30.0. The van der Waals surface area contributed by atoms with Crippen LogP contribution >= 0.6 is 34.8 Å². The van der Waals surface area contributed by atoms with E-state index in [2.05, 4.69) is 5.32 Å². The number of ether oxygens (including phenoxy) is 1. The van der Waals surface area contributed by atoms with Crippen LogP contribution in [0.3, 0.4) is 0 Å². The Morgan fingerprint density at radius 1 is 1.03 bits per heavy atom. The van der Waals surface area contributed by atoms with Gasteiger partial charge in [0.25, 0.3) is 0 Å². The first-order valence-electron chi connectivity index (χ1n) is 11.2. The number of rotatable bonds is 12. The first-order chi connectivity index (χ1) is 16.9. The fourth-order valence-electron chi connectivity index (χ4n) is 3.54. The molecule has 0 spiro atoms. The van der Waals surface area contributed by atoms with Gasteiger partial charge in [0.1, 0.15) is 18.3 Å². The van der Waals surface area contributed by atoms with Crippen LogP contribution in [0.15, 0.2) is 36.4 Å². The molecule has 0 aliphatic heterocycles. The van der Waals surface area contributed by atoms with Crippen molar-refractivity contribution >= 4 is 62.3 Å². The second kappa shape index (κ2) is 13.4. The third kappa shape index (κ3) is 7.90. The number of amides is 2. The molecule has 0 aliphatic rings. The summed E-state index contributed by atoms with van der Waals surface area (Å²) in [4.78, 5) is 27.9. The molecule has 0 aromatic heterocycles. The number of halogens is 3. The summed E-state index contributed by atoms with van der Waals surface area (Å²) in [6.45, 7) is 3.63. The van der Waals surface area contributed by atoms with Crippen LogP contribution in [0.2, 0.25) is 15.1 Å². The van der Waals surface area contributed by atoms with Crippen LogP contribution in [0, 0.1) is 0 Å². The number of sulfonamides is 1. The maximum Gasteiger partial charge on any atom is 0.244 e. The number of anilines is 1. The van der Waals surface area contributed by atoms with Gasteiger partial charge in [-0.1, -0.05) is 54.7 Å². The average molecular weight is 579 g/mol. The fourth-order valence-corrected chi connectivity index (χ4v) is 4.96. The summed E-state index contributed by atoms with van der Waals surface area (Å²) in [5.74, 6) is -0.539. The number of carbonyl (C=O) groups excluding carboxylic acids is 2. The van der Waals surface area contributed by atoms with Gasteiger partial charge in [0.15, 0.2) is 0 Å². The minimum Gasteiger partial charge on any atom is -0.495 e. The van der Waals surface area contributed by atoms with Gasteiger partial charge in [-0.05, 0) is 48.7 Å². The molecule has 0 bridgehead atoms. The Kier molecular flexibility index (Phi) is 11.2. The highest BCUT2D eigenvalue weighted by molar-refractivity contribution is 7.92. The van der Waals surface area contributed by atoms with Crippen molar-refractivity contribution in [2.75, 3.05) is 30.8 Å². The first-order valence-corrected chi connectivity index (χ1v) is 14.2. The zero-order chi connectivity index (χ0) is 27.0. The second-order valence-electron chi connectivity index (χ2n) is 8.07. The highest BCUT2D eigenvalue weighted by atomic mass is 35.5. The van der Waals surface area contributed by atoms with Gasteiger partial charge in [-0.15, -0.1) is 0 Å². The van der Waals surface area contributed by atoms with Crippen molar-refractivity contribution in [2.24, 2.45) is 0 Å². The van der Waals surface area contributed by atoms with E-state index in [1.54, 1.807) is 25.1 Å². The number of carbonyl (C=O) groups is 2. The van der Waals surface area contributed by atoms with Gasteiger partial charge < -0.3 is 15.0 Å². The predicted octanol–water partition coefficient (Wildman–Crippen LogP) is 4.76. The highest BCUT2D eigenvalue weighted by Crippen LogP contribution is 2.30. The Hall–Kier alpha value is -2.20. The number of benzene rings is 2. The zero-order valence-electron chi connectivity index (χ0n) is 20.6. The molecule has 0 saturated heterocycles. The zero-order valence-corrected chi connectivity index (χ0v) is 23.6. The van der Waals surface area contributed by atoms with Crippen LogP contribution in [0.5, 0.6) is 5.75 Å².